The Morgan fingerprint density at radius 3 is 2.55 bits per heavy atom. The van der Waals surface area contributed by atoms with Gasteiger partial charge in [0, 0.05) is 51.0 Å². The molecule has 1 saturated heterocycles. The van der Waals surface area contributed by atoms with Gasteiger partial charge in [-0.3, -0.25) is 9.69 Å². The van der Waals surface area contributed by atoms with Crippen molar-refractivity contribution < 1.29 is 18.7 Å². The van der Waals surface area contributed by atoms with E-state index in [0.717, 1.165) is 31.6 Å². The highest BCUT2D eigenvalue weighted by Crippen LogP contribution is 2.18. The number of halogens is 2. The molecule has 0 aromatic heterocycles. The molecule has 2 aromatic carbocycles. The van der Waals surface area contributed by atoms with Gasteiger partial charge in [-0.15, -0.1) is 0 Å². The Balaban J connectivity index is 1.57. The third kappa shape index (κ3) is 6.42. The van der Waals surface area contributed by atoms with Crippen LogP contribution in [-0.2, 0) is 16.1 Å². The fraction of sp³-hybridized carbons (Fsp3) is 0.409. The molecule has 1 aliphatic heterocycles. The monoisotopic (exact) mass is 420 g/mol. The second-order valence-corrected chi connectivity index (χ2v) is 7.56. The van der Waals surface area contributed by atoms with Gasteiger partial charge in [-0.2, -0.15) is 0 Å². The maximum absolute atomic E-state index is 13.1. The number of carbonyl (C=O) groups excluding carboxylic acids is 1. The van der Waals surface area contributed by atoms with Gasteiger partial charge in [0.2, 0.25) is 0 Å². The molecule has 1 fully saturated rings. The lowest BCUT2D eigenvalue weighted by Crippen LogP contribution is -2.56. The summed E-state index contributed by atoms with van der Waals surface area (Å²) in [6.45, 7) is 3.42. The third-order valence-electron chi connectivity index (χ3n) is 5.04. The Hall–Kier alpha value is -2.15. The predicted molar refractivity (Wildman–Crippen MR) is 111 cm³/mol. The average molecular weight is 421 g/mol. The normalized spacial score (nSPS) is 17.3. The average Bonchev–Trinajstić information content (AvgIpc) is 2.73. The Kier molecular flexibility index (Phi) is 7.86. The van der Waals surface area contributed by atoms with Gasteiger partial charge in [0.15, 0.2) is 6.61 Å². The van der Waals surface area contributed by atoms with Gasteiger partial charge < -0.3 is 14.4 Å². The fourth-order valence-corrected chi connectivity index (χ4v) is 3.63. The number of ether oxygens (including phenoxy) is 2. The molecule has 1 amide bonds. The second kappa shape index (κ2) is 10.6. The summed E-state index contributed by atoms with van der Waals surface area (Å²) in [4.78, 5) is 17.0. The summed E-state index contributed by atoms with van der Waals surface area (Å²) in [7, 11) is 1.66. The van der Waals surface area contributed by atoms with Crippen molar-refractivity contribution in [3.05, 3.63) is 64.9 Å². The third-order valence-corrected chi connectivity index (χ3v) is 5.29. The minimum atomic E-state index is -0.233. The smallest absolute Gasteiger partial charge is 0.260 e. The molecule has 0 bridgehead atoms. The van der Waals surface area contributed by atoms with Crippen molar-refractivity contribution in [2.24, 2.45) is 0 Å². The van der Waals surface area contributed by atoms with Crippen molar-refractivity contribution in [1.29, 1.82) is 0 Å². The van der Waals surface area contributed by atoms with Crippen LogP contribution in [0.1, 0.15) is 12.0 Å². The van der Waals surface area contributed by atoms with Crippen molar-refractivity contribution in [3.8, 4) is 5.75 Å². The molecule has 5 nitrogen and oxygen atoms in total. The molecular formula is C22H26ClFN2O3. The zero-order valence-corrected chi connectivity index (χ0v) is 17.3. The minimum absolute atomic E-state index is 0.0108. The molecule has 1 aliphatic rings. The highest BCUT2D eigenvalue weighted by molar-refractivity contribution is 6.30. The molecular weight excluding hydrogens is 395 g/mol. The van der Waals surface area contributed by atoms with E-state index in [9.17, 15) is 9.18 Å². The summed E-state index contributed by atoms with van der Waals surface area (Å²) >= 11 is 5.88. The first-order valence-electron chi connectivity index (χ1n) is 9.68. The number of hydrogen-bond acceptors (Lipinski definition) is 4. The van der Waals surface area contributed by atoms with Crippen molar-refractivity contribution in [3.63, 3.8) is 0 Å². The van der Waals surface area contributed by atoms with E-state index in [1.165, 1.54) is 12.1 Å². The van der Waals surface area contributed by atoms with Crippen LogP contribution in [0.3, 0.4) is 0 Å². The Bertz CT molecular complexity index is 786. The van der Waals surface area contributed by atoms with E-state index in [4.69, 9.17) is 21.1 Å². The zero-order chi connectivity index (χ0) is 20.6. The quantitative estimate of drug-likeness (QED) is 0.654. The van der Waals surface area contributed by atoms with Crippen LogP contribution in [-0.4, -0.2) is 61.7 Å². The first-order valence-corrected chi connectivity index (χ1v) is 10.1. The summed E-state index contributed by atoms with van der Waals surface area (Å²) < 4.78 is 24.0. The van der Waals surface area contributed by atoms with Crippen LogP contribution < -0.4 is 4.74 Å². The molecule has 0 radical (unpaired) electrons. The van der Waals surface area contributed by atoms with Crippen LogP contribution in [0.2, 0.25) is 5.02 Å². The molecule has 7 heteroatoms. The zero-order valence-electron chi connectivity index (χ0n) is 16.5. The molecule has 29 heavy (non-hydrogen) atoms. The van der Waals surface area contributed by atoms with E-state index in [-0.39, 0.29) is 24.4 Å². The topological polar surface area (TPSA) is 42.0 Å². The number of nitrogens with zero attached hydrogens (tertiary/aromatic N) is 2. The van der Waals surface area contributed by atoms with Gasteiger partial charge >= 0.3 is 0 Å². The van der Waals surface area contributed by atoms with Gasteiger partial charge in [0.25, 0.3) is 5.91 Å². The van der Waals surface area contributed by atoms with Crippen LogP contribution in [0.5, 0.6) is 5.75 Å². The lowest BCUT2D eigenvalue weighted by Gasteiger charge is -2.41. The molecule has 2 aromatic rings. The number of rotatable bonds is 8. The van der Waals surface area contributed by atoms with Crippen LogP contribution in [0, 0.1) is 5.82 Å². The number of amides is 1. The van der Waals surface area contributed by atoms with Gasteiger partial charge in [-0.25, -0.2) is 4.39 Å². The molecule has 0 N–H and O–H groups in total. The standard InChI is InChI=1S/C22H26ClFN2O3/c1-28-13-10-20-15-25(14-17-2-6-19(24)7-3-17)11-12-26(20)22(27)16-29-21-8-4-18(23)5-9-21/h2-9,20H,10-16H2,1H3. The molecule has 3 rings (SSSR count). The molecule has 0 aliphatic carbocycles. The summed E-state index contributed by atoms with van der Waals surface area (Å²) in [5.41, 5.74) is 1.06. The van der Waals surface area contributed by atoms with Crippen LogP contribution in [0.25, 0.3) is 0 Å². The number of benzene rings is 2. The summed E-state index contributed by atoms with van der Waals surface area (Å²) in [5, 5.41) is 0.626. The summed E-state index contributed by atoms with van der Waals surface area (Å²) in [6, 6.07) is 13.6. The number of carbonyl (C=O) groups is 1. The molecule has 0 saturated carbocycles. The van der Waals surface area contributed by atoms with Crippen molar-refractivity contribution in [2.45, 2.75) is 19.0 Å². The SMILES string of the molecule is COCCC1CN(Cc2ccc(F)cc2)CCN1C(=O)COc1ccc(Cl)cc1. The minimum Gasteiger partial charge on any atom is -0.484 e. The van der Waals surface area contributed by atoms with Crippen LogP contribution >= 0.6 is 11.6 Å². The lowest BCUT2D eigenvalue weighted by molar-refractivity contribution is -0.139. The van der Waals surface area contributed by atoms with Crippen molar-refractivity contribution in [1.82, 2.24) is 9.80 Å². The Morgan fingerprint density at radius 2 is 1.86 bits per heavy atom. The molecule has 1 unspecified atom stereocenters. The van der Waals surface area contributed by atoms with E-state index < -0.39 is 0 Å². The van der Waals surface area contributed by atoms with E-state index in [0.29, 0.717) is 23.9 Å². The van der Waals surface area contributed by atoms with Gasteiger partial charge in [0.05, 0.1) is 0 Å². The predicted octanol–water partition coefficient (Wildman–Crippen LogP) is 3.61. The highest BCUT2D eigenvalue weighted by Gasteiger charge is 2.30. The molecule has 0 spiro atoms. The van der Waals surface area contributed by atoms with Crippen molar-refractivity contribution >= 4 is 17.5 Å². The number of methoxy groups -OCH3 is 1. The number of hydrogen-bond donors (Lipinski definition) is 0. The Morgan fingerprint density at radius 1 is 1.14 bits per heavy atom. The van der Waals surface area contributed by atoms with E-state index in [1.807, 2.05) is 4.90 Å². The molecule has 156 valence electrons. The van der Waals surface area contributed by atoms with Crippen LogP contribution in [0.4, 0.5) is 4.39 Å². The molecule has 1 atom stereocenters. The second-order valence-electron chi connectivity index (χ2n) is 7.13. The maximum Gasteiger partial charge on any atom is 0.260 e. The van der Waals surface area contributed by atoms with Gasteiger partial charge in [0.1, 0.15) is 11.6 Å². The molecule has 1 heterocycles. The van der Waals surface area contributed by atoms with Crippen molar-refractivity contribution in [2.75, 3.05) is 40.0 Å². The summed E-state index contributed by atoms with van der Waals surface area (Å²) in [6.07, 6.45) is 0.753. The summed E-state index contributed by atoms with van der Waals surface area (Å²) in [5.74, 6) is 0.344. The first kappa shape index (κ1) is 21.6. The van der Waals surface area contributed by atoms with E-state index in [2.05, 4.69) is 4.90 Å². The Labute approximate surface area is 176 Å². The largest absolute Gasteiger partial charge is 0.484 e. The highest BCUT2D eigenvalue weighted by atomic mass is 35.5. The first-order chi connectivity index (χ1) is 14.0. The lowest BCUT2D eigenvalue weighted by atomic mass is 10.1. The van der Waals surface area contributed by atoms with Gasteiger partial charge in [-0.05, 0) is 48.4 Å². The van der Waals surface area contributed by atoms with E-state index >= 15 is 0 Å². The number of piperazine rings is 1. The maximum atomic E-state index is 13.1. The fourth-order valence-electron chi connectivity index (χ4n) is 3.50. The van der Waals surface area contributed by atoms with Gasteiger partial charge in [-0.1, -0.05) is 23.7 Å². The van der Waals surface area contributed by atoms with E-state index in [1.54, 1.807) is 43.5 Å². The van der Waals surface area contributed by atoms with Crippen LogP contribution in [0.15, 0.2) is 48.5 Å².